The molecule has 0 atom stereocenters. The summed E-state index contributed by atoms with van der Waals surface area (Å²) in [7, 11) is -1.93. The summed E-state index contributed by atoms with van der Waals surface area (Å²) in [6.45, 7) is 16.2. The molecule has 1 rings (SSSR count). The lowest BCUT2D eigenvalue weighted by Crippen LogP contribution is -2.44. The number of rotatable bonds is 6. The Hall–Kier alpha value is -0.0731. The summed E-state index contributed by atoms with van der Waals surface area (Å²) in [4.78, 5) is 21.9. The number of carbonyl (C=O) groups is 1. The Labute approximate surface area is 184 Å². The molecule has 0 spiro atoms. The molecular weight excluding hydrogens is 578 g/mol. The van der Waals surface area contributed by atoms with Crippen molar-refractivity contribution in [2.45, 2.75) is 65.3 Å². The second-order valence-corrected chi connectivity index (χ2v) is 15.6. The monoisotopic (exact) mass is 606 g/mol. The van der Waals surface area contributed by atoms with Crippen molar-refractivity contribution >= 4 is 59.5 Å². The maximum absolute atomic E-state index is 11.6. The van der Waals surface area contributed by atoms with Gasteiger partial charge in [0.25, 0.3) is 8.32 Å². The molecule has 5 nitrogen and oxygen atoms in total. The van der Waals surface area contributed by atoms with Gasteiger partial charge in [0, 0.05) is 12.1 Å². The number of hydrogen-bond donors (Lipinski definition) is 0. The molecule has 1 aromatic rings. The van der Waals surface area contributed by atoms with Gasteiger partial charge in [0.15, 0.2) is 12.4 Å². The Kier molecular flexibility index (Phi) is 8.25. The molecule has 8 heteroatoms. The van der Waals surface area contributed by atoms with Crippen LogP contribution in [0, 0.1) is 7.14 Å². The molecule has 0 amide bonds. The molecule has 0 bridgehead atoms. The third kappa shape index (κ3) is 7.51. The highest BCUT2D eigenvalue weighted by atomic mass is 127. The smallest absolute Gasteiger partial charge is 0.337 e. The maximum Gasteiger partial charge on any atom is 0.337 e. The molecule has 0 radical (unpaired) electrons. The predicted octanol–water partition coefficient (Wildman–Crippen LogP) is 5.93. The van der Waals surface area contributed by atoms with Crippen molar-refractivity contribution in [3.05, 3.63) is 19.3 Å². The standard InChI is InChI=1S/C18H28I2O5Si/c1-17(2,3)23-15(21)11-22-24-12-9-13(19)16(14(20)10-12)25-26(7,8)18(4,5)6/h9-10H,11H2,1-8H3. The first-order valence-electron chi connectivity index (χ1n) is 8.32. The van der Waals surface area contributed by atoms with Crippen LogP contribution in [0.5, 0.6) is 11.5 Å². The molecule has 0 N–H and O–H groups in total. The molecule has 0 heterocycles. The normalized spacial score (nSPS) is 12.7. The molecule has 0 aliphatic carbocycles. The van der Waals surface area contributed by atoms with Gasteiger partial charge in [-0.25, -0.2) is 4.79 Å². The van der Waals surface area contributed by atoms with Gasteiger partial charge in [-0.1, -0.05) is 20.8 Å². The lowest BCUT2D eigenvalue weighted by atomic mass is 10.2. The molecule has 0 aliphatic rings. The zero-order valence-electron chi connectivity index (χ0n) is 16.7. The van der Waals surface area contributed by atoms with Crippen LogP contribution in [0.2, 0.25) is 18.1 Å². The van der Waals surface area contributed by atoms with Gasteiger partial charge in [-0.15, -0.1) is 0 Å². The maximum atomic E-state index is 11.6. The average molecular weight is 606 g/mol. The number of carbonyl (C=O) groups excluding carboxylic acids is 1. The number of benzene rings is 1. The molecule has 148 valence electrons. The van der Waals surface area contributed by atoms with Crippen LogP contribution < -0.4 is 9.31 Å². The van der Waals surface area contributed by atoms with E-state index in [1.54, 1.807) is 20.8 Å². The van der Waals surface area contributed by atoms with Crippen LogP contribution in [0.15, 0.2) is 12.1 Å². The Morgan fingerprint density at radius 3 is 1.96 bits per heavy atom. The lowest BCUT2D eigenvalue weighted by molar-refractivity contribution is -0.220. The highest BCUT2D eigenvalue weighted by Crippen LogP contribution is 2.41. The Morgan fingerprint density at radius 1 is 1.04 bits per heavy atom. The van der Waals surface area contributed by atoms with Crippen LogP contribution in [0.3, 0.4) is 0 Å². The van der Waals surface area contributed by atoms with Crippen molar-refractivity contribution in [3.63, 3.8) is 0 Å². The summed E-state index contributed by atoms with van der Waals surface area (Å²) in [5.41, 5.74) is -0.548. The van der Waals surface area contributed by atoms with Gasteiger partial charge in [0.2, 0.25) is 0 Å². The van der Waals surface area contributed by atoms with E-state index >= 15 is 0 Å². The Balaban J connectivity index is 2.77. The van der Waals surface area contributed by atoms with Crippen LogP contribution in [0.4, 0.5) is 0 Å². The van der Waals surface area contributed by atoms with Crippen LogP contribution in [0.1, 0.15) is 41.5 Å². The van der Waals surface area contributed by atoms with Gasteiger partial charge < -0.3 is 14.1 Å². The van der Waals surface area contributed by atoms with Crippen LogP contribution in [-0.4, -0.2) is 26.5 Å². The second kappa shape index (κ2) is 8.95. The van der Waals surface area contributed by atoms with Crippen LogP contribution in [0.25, 0.3) is 0 Å². The highest BCUT2D eigenvalue weighted by molar-refractivity contribution is 14.1. The Bertz CT molecular complexity index is 625. The minimum atomic E-state index is -1.93. The fourth-order valence-electron chi connectivity index (χ4n) is 1.61. The third-order valence-corrected chi connectivity index (χ3v) is 9.82. The van der Waals surface area contributed by atoms with E-state index < -0.39 is 19.9 Å². The molecular formula is C18H28I2O5Si. The summed E-state index contributed by atoms with van der Waals surface area (Å²) < 4.78 is 13.5. The van der Waals surface area contributed by atoms with Crippen molar-refractivity contribution < 1.29 is 23.7 Å². The fourth-order valence-corrected chi connectivity index (χ4v) is 4.99. The summed E-state index contributed by atoms with van der Waals surface area (Å²) >= 11 is 4.46. The third-order valence-electron chi connectivity index (χ3n) is 3.89. The zero-order chi connectivity index (χ0) is 20.3. The molecule has 0 aromatic heterocycles. The van der Waals surface area contributed by atoms with Crippen molar-refractivity contribution in [2.24, 2.45) is 0 Å². The van der Waals surface area contributed by atoms with Gasteiger partial charge in [-0.05, 0) is 84.1 Å². The summed E-state index contributed by atoms with van der Waals surface area (Å²) in [5, 5.41) is 0.116. The summed E-state index contributed by atoms with van der Waals surface area (Å²) in [5.74, 6) is 0.919. The molecule has 1 aromatic carbocycles. The number of esters is 1. The van der Waals surface area contributed by atoms with E-state index in [2.05, 4.69) is 79.0 Å². The van der Waals surface area contributed by atoms with E-state index in [4.69, 9.17) is 18.9 Å². The van der Waals surface area contributed by atoms with Gasteiger partial charge >= 0.3 is 5.97 Å². The molecule has 0 saturated heterocycles. The Morgan fingerprint density at radius 2 is 1.54 bits per heavy atom. The first kappa shape index (κ1) is 24.0. The largest absolute Gasteiger partial charge is 0.542 e. The van der Waals surface area contributed by atoms with Crippen LogP contribution in [-0.2, 0) is 14.4 Å². The SMILES string of the molecule is CC(C)(C)OC(=O)COOc1cc(I)c(O[Si](C)(C)C(C)(C)C)c(I)c1. The fraction of sp³-hybridized carbons (Fsp3) is 0.611. The predicted molar refractivity (Wildman–Crippen MR) is 122 cm³/mol. The van der Waals surface area contributed by atoms with E-state index in [1.165, 1.54) is 0 Å². The van der Waals surface area contributed by atoms with Crippen LogP contribution >= 0.6 is 45.2 Å². The van der Waals surface area contributed by atoms with Gasteiger partial charge in [0.1, 0.15) is 11.4 Å². The molecule has 0 fully saturated rings. The van der Waals surface area contributed by atoms with E-state index in [9.17, 15) is 4.79 Å². The second-order valence-electron chi connectivity index (χ2n) is 8.51. The number of hydrogen-bond acceptors (Lipinski definition) is 5. The van der Waals surface area contributed by atoms with E-state index in [0.717, 1.165) is 12.9 Å². The summed E-state index contributed by atoms with van der Waals surface area (Å²) in [6, 6.07) is 3.67. The minimum absolute atomic E-state index is 0.116. The zero-order valence-corrected chi connectivity index (χ0v) is 22.0. The molecule has 0 saturated carbocycles. The molecule has 0 unspecified atom stereocenters. The average Bonchev–Trinajstić information content (AvgIpc) is 2.39. The van der Waals surface area contributed by atoms with Crippen molar-refractivity contribution in [2.75, 3.05) is 6.61 Å². The lowest BCUT2D eigenvalue weighted by Gasteiger charge is -2.37. The summed E-state index contributed by atoms with van der Waals surface area (Å²) in [6.07, 6.45) is 0. The van der Waals surface area contributed by atoms with Crippen molar-refractivity contribution in [3.8, 4) is 11.5 Å². The number of halogens is 2. The van der Waals surface area contributed by atoms with Gasteiger partial charge in [-0.3, -0.25) is 0 Å². The van der Waals surface area contributed by atoms with Gasteiger partial charge in [0.05, 0.1) is 7.14 Å². The van der Waals surface area contributed by atoms with E-state index in [-0.39, 0.29) is 11.6 Å². The highest BCUT2D eigenvalue weighted by Gasteiger charge is 2.39. The number of ether oxygens (including phenoxy) is 1. The first-order chi connectivity index (χ1) is 11.6. The minimum Gasteiger partial charge on any atom is -0.542 e. The topological polar surface area (TPSA) is 54.0 Å². The molecule has 0 aliphatic heterocycles. The first-order valence-corrected chi connectivity index (χ1v) is 13.4. The van der Waals surface area contributed by atoms with Crippen molar-refractivity contribution in [1.29, 1.82) is 0 Å². The van der Waals surface area contributed by atoms with E-state index in [0.29, 0.717) is 5.75 Å². The quantitative estimate of drug-likeness (QED) is 0.132. The van der Waals surface area contributed by atoms with Crippen molar-refractivity contribution in [1.82, 2.24) is 0 Å². The van der Waals surface area contributed by atoms with Gasteiger partial charge in [-0.2, -0.15) is 4.89 Å². The van der Waals surface area contributed by atoms with E-state index in [1.807, 2.05) is 12.1 Å². The molecule has 26 heavy (non-hydrogen) atoms.